The molecule has 11 nitrogen and oxygen atoms in total. The van der Waals surface area contributed by atoms with Crippen LogP contribution in [0.3, 0.4) is 0 Å². The van der Waals surface area contributed by atoms with Gasteiger partial charge in [0.2, 0.25) is 0 Å². The van der Waals surface area contributed by atoms with E-state index < -0.39 is 10.1 Å². The van der Waals surface area contributed by atoms with E-state index in [-0.39, 0.29) is 65.6 Å². The van der Waals surface area contributed by atoms with E-state index in [1.54, 1.807) is 24.3 Å². The summed E-state index contributed by atoms with van der Waals surface area (Å²) in [5.41, 5.74) is 4.87. The first kappa shape index (κ1) is 36.0. The summed E-state index contributed by atoms with van der Waals surface area (Å²) in [5, 5.41) is 4.07. The Morgan fingerprint density at radius 1 is 0.429 bits per heavy atom. The maximum absolute atomic E-state index is 14.4. The van der Waals surface area contributed by atoms with Gasteiger partial charge in [-0.15, -0.1) is 0 Å². The third-order valence-corrected chi connectivity index (χ3v) is 11.0. The third-order valence-electron chi connectivity index (χ3n) is 9.76. The van der Waals surface area contributed by atoms with E-state index in [1.807, 2.05) is 103 Å². The zero-order valence-corrected chi connectivity index (χ0v) is 28.8. The summed E-state index contributed by atoms with van der Waals surface area (Å²) in [6.07, 6.45) is 0. The van der Waals surface area contributed by atoms with Crippen molar-refractivity contribution in [2.75, 3.05) is 0 Å². The zero-order valence-electron chi connectivity index (χ0n) is 28.0. The van der Waals surface area contributed by atoms with Gasteiger partial charge in [-0.1, -0.05) is 121 Å². The molecule has 2 N–H and O–H groups in total. The third kappa shape index (κ3) is 5.74. The summed E-state index contributed by atoms with van der Waals surface area (Å²) in [7, 11) is -4.42. The van der Waals surface area contributed by atoms with Crippen LogP contribution in [0.2, 0.25) is 0 Å². The number of hydrogen-bond acceptors (Lipinski definition) is 9. The van der Waals surface area contributed by atoms with Gasteiger partial charge in [0.25, 0.3) is 0 Å². The molecule has 0 radical (unpaired) electrons. The summed E-state index contributed by atoms with van der Waals surface area (Å²) in [6.45, 7) is 0. The van der Waals surface area contributed by atoms with Crippen LogP contribution in [0.15, 0.2) is 138 Å². The van der Waals surface area contributed by atoms with Crippen LogP contribution in [0.25, 0.3) is 100 Å². The van der Waals surface area contributed by atoms with Crippen LogP contribution < -0.4 is 4.18 Å². The molecule has 0 amide bonds. The number of hydrogen-bond donors (Lipinski definition) is 2. The number of benzene rings is 6. The van der Waals surface area contributed by atoms with Gasteiger partial charge in [-0.2, -0.15) is 8.42 Å². The van der Waals surface area contributed by atoms with E-state index in [2.05, 4.69) is 9.97 Å². The Balaban J connectivity index is 0.00000205. The predicted octanol–water partition coefficient (Wildman–Crippen LogP) is 6.96. The SMILES string of the molecule is O=S(=O)(Oc1cccc2ccccc12)c1cccc2c3nc4nc(nc5[nH]c(nc6nc(nc([nH]3)c12)-c1ccccc1-6)c1ccccc51)-c1ccccc1-4.[GaH3].[NaH]. The molecule has 2 aliphatic rings. The number of aromatic nitrogens is 8. The molecule has 9 aromatic rings. The number of nitrogens with one attached hydrogen (secondary N) is 2. The van der Waals surface area contributed by atoms with Crippen molar-refractivity contribution in [2.24, 2.45) is 0 Å². The Kier molecular flexibility index (Phi) is 8.88. The molecule has 0 saturated heterocycles. The first-order valence-electron chi connectivity index (χ1n) is 17.1. The van der Waals surface area contributed by atoms with Gasteiger partial charge in [0, 0.05) is 43.8 Å². The van der Waals surface area contributed by atoms with Crippen molar-refractivity contribution in [3.05, 3.63) is 133 Å². The molecule has 264 valence electrons. The van der Waals surface area contributed by atoms with Crippen LogP contribution in [0.4, 0.5) is 0 Å². The summed E-state index contributed by atoms with van der Waals surface area (Å²) in [6, 6.07) is 41.1. The molecule has 0 aliphatic carbocycles. The van der Waals surface area contributed by atoms with Gasteiger partial charge >= 0.3 is 59.5 Å². The van der Waals surface area contributed by atoms with Crippen molar-refractivity contribution >= 4 is 114 Å². The van der Waals surface area contributed by atoms with Crippen molar-refractivity contribution in [2.45, 2.75) is 4.90 Å². The van der Waals surface area contributed by atoms with Gasteiger partial charge in [0.05, 0.1) is 5.39 Å². The van der Waals surface area contributed by atoms with Crippen molar-refractivity contribution in [1.29, 1.82) is 0 Å². The fourth-order valence-electron chi connectivity index (χ4n) is 7.30. The van der Waals surface area contributed by atoms with Gasteiger partial charge < -0.3 is 14.2 Å². The molecule has 56 heavy (non-hydrogen) atoms. The standard InChI is InChI=1S/C42H24N8O3S.Ga.Na.4H/c51-54(52,53-32-21-9-12-23-11-1-2-13-24(23)32)33-22-10-20-31-34(33)42-49-40-30-19-8-7-18-29(30)38(47-40)45-36-26-15-4-3-14-25(26)35(43-36)44-37-27-16-5-6-17-28(27)39(46-37)48-41(31)50-42;;;;;;/h1-22H,(H2,43,44,45,46,47,48,49,50);;;;;;. The van der Waals surface area contributed by atoms with E-state index in [0.29, 0.717) is 56.4 Å². The first-order chi connectivity index (χ1) is 26.5. The minimum absolute atomic E-state index is 0. The molecule has 2 aliphatic heterocycles. The van der Waals surface area contributed by atoms with E-state index in [9.17, 15) is 8.42 Å². The summed E-state index contributed by atoms with van der Waals surface area (Å²) < 4.78 is 34.6. The van der Waals surface area contributed by atoms with Crippen LogP contribution in [0, 0.1) is 0 Å². The molecule has 14 heteroatoms. The normalized spacial score (nSPS) is 11.8. The average Bonchev–Trinajstić information content (AvgIpc) is 3.94. The quantitative estimate of drug-likeness (QED) is 0.143. The Morgan fingerprint density at radius 3 is 1.41 bits per heavy atom. The molecule has 0 spiro atoms. The molecule has 0 saturated carbocycles. The van der Waals surface area contributed by atoms with Crippen LogP contribution in [0.1, 0.15) is 0 Å². The molecule has 5 heterocycles. The van der Waals surface area contributed by atoms with Crippen LogP contribution in [-0.2, 0) is 10.1 Å². The second-order valence-corrected chi connectivity index (χ2v) is 14.5. The van der Waals surface area contributed by atoms with Crippen molar-refractivity contribution < 1.29 is 12.6 Å². The van der Waals surface area contributed by atoms with Gasteiger partial charge in [-0.05, 0) is 17.5 Å². The van der Waals surface area contributed by atoms with Crippen molar-refractivity contribution in [3.63, 3.8) is 0 Å². The molecule has 11 rings (SSSR count). The van der Waals surface area contributed by atoms with Gasteiger partial charge in [-0.3, -0.25) is 0 Å². The Labute approximate surface area is 353 Å². The Hall–Kier alpha value is -5.67. The van der Waals surface area contributed by atoms with Crippen LogP contribution >= 0.6 is 0 Å². The Morgan fingerprint density at radius 2 is 0.839 bits per heavy atom. The first-order valence-corrected chi connectivity index (χ1v) is 18.5. The maximum atomic E-state index is 14.4. The molecular formula is C42H28GaN8NaO3S. The predicted molar refractivity (Wildman–Crippen MR) is 225 cm³/mol. The monoisotopic (exact) mass is 816 g/mol. The minimum atomic E-state index is -4.42. The fraction of sp³-hybridized carbons (Fsp3) is 0. The van der Waals surface area contributed by atoms with Crippen molar-refractivity contribution in [1.82, 2.24) is 39.9 Å². The van der Waals surface area contributed by atoms with E-state index >= 15 is 0 Å². The molecule has 0 fully saturated rings. The van der Waals surface area contributed by atoms with E-state index in [0.717, 1.165) is 38.4 Å². The number of H-pyrrole nitrogens is 2. The molecule has 6 aromatic carbocycles. The van der Waals surface area contributed by atoms with Crippen LogP contribution in [0.5, 0.6) is 5.75 Å². The van der Waals surface area contributed by atoms with Crippen molar-refractivity contribution in [3.8, 4) is 51.3 Å². The molecule has 0 unspecified atom stereocenters. The van der Waals surface area contributed by atoms with Crippen LogP contribution in [-0.4, -0.2) is 97.6 Å². The van der Waals surface area contributed by atoms with Gasteiger partial charge in [0.15, 0.2) is 29.0 Å². The molecule has 8 bridgehead atoms. The number of aromatic amines is 2. The number of fused-ring (bicyclic) bond motifs is 21. The van der Waals surface area contributed by atoms with Gasteiger partial charge in [-0.25, -0.2) is 29.9 Å². The molecule has 0 atom stereocenters. The molecule has 3 aromatic heterocycles. The summed E-state index contributed by atoms with van der Waals surface area (Å²) in [4.78, 5) is 36.6. The second-order valence-electron chi connectivity index (χ2n) is 12.9. The average molecular weight is 818 g/mol. The topological polar surface area (TPSA) is 152 Å². The summed E-state index contributed by atoms with van der Waals surface area (Å²) in [5.74, 6) is 1.90. The summed E-state index contributed by atoms with van der Waals surface area (Å²) >= 11 is 0. The number of rotatable bonds is 3. The zero-order chi connectivity index (χ0) is 36.0. The van der Waals surface area contributed by atoms with Gasteiger partial charge in [0.1, 0.15) is 27.5 Å². The molecular weight excluding hydrogens is 789 g/mol. The number of nitrogens with zero attached hydrogens (tertiary/aromatic N) is 6. The van der Waals surface area contributed by atoms with E-state index in [4.69, 9.17) is 34.1 Å². The fourth-order valence-corrected chi connectivity index (χ4v) is 8.47. The van der Waals surface area contributed by atoms with E-state index in [1.165, 1.54) is 6.07 Å². The second kappa shape index (κ2) is 13.8. The Bertz CT molecular complexity index is 3360.